The molecule has 54 heavy (non-hydrogen) atoms. The number of aromatic nitrogens is 1. The van der Waals surface area contributed by atoms with Gasteiger partial charge in [0, 0.05) is 40.6 Å². The number of anilines is 1. The van der Waals surface area contributed by atoms with Gasteiger partial charge in [0.15, 0.2) is 11.5 Å². The Balaban J connectivity index is 1.04. The molecular weight excluding hydrogens is 702 g/mol. The highest BCUT2D eigenvalue weighted by Crippen LogP contribution is 2.58. The minimum absolute atomic E-state index is 0.0633. The predicted molar refractivity (Wildman–Crippen MR) is 210 cm³/mol. The molecule has 290 valence electrons. The zero-order chi connectivity index (χ0) is 37.7. The summed E-state index contributed by atoms with van der Waals surface area (Å²) in [5.74, 6) is 3.09. The van der Waals surface area contributed by atoms with Crippen LogP contribution in [0.3, 0.4) is 0 Å². The van der Waals surface area contributed by atoms with Gasteiger partial charge in [0.1, 0.15) is 11.3 Å². The van der Waals surface area contributed by atoms with E-state index in [2.05, 4.69) is 55.2 Å². The van der Waals surface area contributed by atoms with Crippen LogP contribution in [0, 0.1) is 17.8 Å². The molecule has 2 aromatic carbocycles. The number of benzene rings is 2. The number of nitrogens with one attached hydrogen (secondary N) is 1. The van der Waals surface area contributed by atoms with Crippen molar-refractivity contribution in [3.8, 4) is 17.2 Å². The molecule has 9 nitrogen and oxygen atoms in total. The number of pyridine rings is 1. The van der Waals surface area contributed by atoms with Gasteiger partial charge in [0.25, 0.3) is 0 Å². The number of aliphatic carboxylic acids is 1. The average molecular weight is 758 g/mol. The van der Waals surface area contributed by atoms with Crippen LogP contribution in [0.4, 0.5) is 5.69 Å². The molecule has 3 aromatic rings. The molecule has 3 aliphatic carbocycles. The number of carbonyl (C=O) groups is 1. The number of aryl methyl sites for hydroxylation is 1. The highest BCUT2D eigenvalue weighted by atomic mass is 35.5. The molecular formula is C44H56ClN3O6. The van der Waals surface area contributed by atoms with Gasteiger partial charge in [-0.2, -0.15) is 0 Å². The van der Waals surface area contributed by atoms with Crippen molar-refractivity contribution in [2.24, 2.45) is 17.8 Å². The largest absolute Gasteiger partial charge is 0.493 e. The molecule has 0 radical (unpaired) electrons. The molecule has 2 fully saturated rings. The van der Waals surface area contributed by atoms with Crippen LogP contribution in [0.5, 0.6) is 17.2 Å². The number of hydrogen-bond acceptors (Lipinski definition) is 8. The zero-order valence-electron chi connectivity index (χ0n) is 32.3. The van der Waals surface area contributed by atoms with E-state index in [9.17, 15) is 9.90 Å². The highest BCUT2D eigenvalue weighted by molar-refractivity contribution is 6.30. The second-order valence-electron chi connectivity index (χ2n) is 17.5. The number of carboxylic acid groups (broad SMARTS) is 1. The third kappa shape index (κ3) is 7.05. The smallest absolute Gasteiger partial charge is 0.329 e. The van der Waals surface area contributed by atoms with E-state index in [0.717, 1.165) is 74.8 Å². The second-order valence-corrected chi connectivity index (χ2v) is 17.9. The Labute approximate surface area is 325 Å². The van der Waals surface area contributed by atoms with E-state index in [1.807, 2.05) is 36.5 Å². The number of likely N-dealkylation sites (N-methyl/N-ethyl adjacent to an activating group) is 1. The molecule has 2 aliphatic heterocycles. The van der Waals surface area contributed by atoms with Gasteiger partial charge < -0.3 is 29.4 Å². The van der Waals surface area contributed by atoms with Crippen LogP contribution in [0.25, 0.3) is 0 Å². The summed E-state index contributed by atoms with van der Waals surface area (Å²) in [5, 5.41) is 14.7. The Kier molecular flexibility index (Phi) is 10.3. The van der Waals surface area contributed by atoms with Crippen LogP contribution in [-0.4, -0.2) is 78.7 Å². The molecule has 1 spiro atoms. The molecule has 1 saturated carbocycles. The Bertz CT molecular complexity index is 1860. The minimum atomic E-state index is -1.08. The summed E-state index contributed by atoms with van der Waals surface area (Å²) in [6.45, 7) is 11.0. The normalized spacial score (nSPS) is 28.7. The summed E-state index contributed by atoms with van der Waals surface area (Å²) in [4.78, 5) is 20.1. The van der Waals surface area contributed by atoms with E-state index >= 15 is 0 Å². The van der Waals surface area contributed by atoms with Gasteiger partial charge in [-0.25, -0.2) is 4.79 Å². The van der Waals surface area contributed by atoms with Crippen molar-refractivity contribution in [1.29, 1.82) is 0 Å². The number of carboxylic acids is 1. The first-order valence-electron chi connectivity index (χ1n) is 20.1. The summed E-state index contributed by atoms with van der Waals surface area (Å²) >= 11 is 6.32. The lowest BCUT2D eigenvalue weighted by Gasteiger charge is -2.47. The van der Waals surface area contributed by atoms with Crippen molar-refractivity contribution >= 4 is 23.3 Å². The molecule has 4 atom stereocenters. The molecule has 0 amide bonds. The van der Waals surface area contributed by atoms with Gasteiger partial charge >= 0.3 is 5.97 Å². The van der Waals surface area contributed by atoms with Crippen molar-refractivity contribution in [1.82, 2.24) is 9.88 Å². The molecule has 2 N–H and O–H groups in total. The summed E-state index contributed by atoms with van der Waals surface area (Å²) in [5.41, 5.74) is 4.60. The van der Waals surface area contributed by atoms with Crippen molar-refractivity contribution in [3.63, 3.8) is 0 Å². The predicted octanol–water partition coefficient (Wildman–Crippen LogP) is 8.31. The van der Waals surface area contributed by atoms with E-state index in [-0.39, 0.29) is 16.9 Å². The fraction of sp³-hybridized carbons (Fsp3) is 0.591. The van der Waals surface area contributed by atoms with E-state index in [1.54, 1.807) is 0 Å². The monoisotopic (exact) mass is 757 g/mol. The maximum atomic E-state index is 13.1. The van der Waals surface area contributed by atoms with Crippen LogP contribution in [0.15, 0.2) is 48.7 Å². The van der Waals surface area contributed by atoms with Gasteiger partial charge in [-0.1, -0.05) is 31.5 Å². The van der Waals surface area contributed by atoms with Crippen LogP contribution in [-0.2, 0) is 27.8 Å². The molecule has 3 heterocycles. The quantitative estimate of drug-likeness (QED) is 0.200. The maximum absolute atomic E-state index is 13.1. The number of hydrogen-bond donors (Lipinski definition) is 2. The highest BCUT2D eigenvalue weighted by Gasteiger charge is 2.54. The minimum Gasteiger partial charge on any atom is -0.493 e. The van der Waals surface area contributed by atoms with Crippen molar-refractivity contribution < 1.29 is 28.8 Å². The van der Waals surface area contributed by atoms with Gasteiger partial charge in [0.2, 0.25) is 0 Å². The van der Waals surface area contributed by atoms with Crippen LogP contribution >= 0.6 is 11.6 Å². The number of ether oxygens (including phenoxy) is 4. The van der Waals surface area contributed by atoms with Crippen LogP contribution in [0.1, 0.15) is 94.0 Å². The summed E-state index contributed by atoms with van der Waals surface area (Å²) < 4.78 is 25.2. The number of rotatable bonds is 11. The Morgan fingerprint density at radius 1 is 1.11 bits per heavy atom. The molecule has 1 saturated heterocycles. The number of nitrogens with zero attached hydrogens (tertiary/aromatic N) is 2. The third-order valence-corrected chi connectivity index (χ3v) is 13.8. The van der Waals surface area contributed by atoms with E-state index < -0.39 is 11.5 Å². The average Bonchev–Trinajstić information content (AvgIpc) is 3.26. The molecule has 5 aliphatic rings. The number of fused-ring (bicyclic) bond motifs is 4. The lowest BCUT2D eigenvalue weighted by atomic mass is 9.59. The van der Waals surface area contributed by atoms with E-state index in [0.29, 0.717) is 55.4 Å². The maximum Gasteiger partial charge on any atom is 0.329 e. The Morgan fingerprint density at radius 3 is 2.57 bits per heavy atom. The lowest BCUT2D eigenvalue weighted by molar-refractivity contribution is -0.144. The molecule has 1 aromatic heterocycles. The number of halogens is 1. The van der Waals surface area contributed by atoms with Crippen LogP contribution < -0.4 is 19.5 Å². The summed E-state index contributed by atoms with van der Waals surface area (Å²) in [6.07, 6.45) is 9.66. The topological polar surface area (TPSA) is 102 Å². The zero-order valence-corrected chi connectivity index (χ0v) is 33.1. The van der Waals surface area contributed by atoms with Gasteiger partial charge in [-0.15, -0.1) is 0 Å². The van der Waals surface area contributed by atoms with Crippen molar-refractivity contribution in [2.75, 3.05) is 51.9 Å². The first-order valence-corrected chi connectivity index (χ1v) is 20.4. The molecule has 2 unspecified atom stereocenters. The van der Waals surface area contributed by atoms with Crippen molar-refractivity contribution in [2.45, 2.75) is 101 Å². The van der Waals surface area contributed by atoms with Gasteiger partial charge in [0.05, 0.1) is 38.6 Å². The Morgan fingerprint density at radius 2 is 1.87 bits per heavy atom. The van der Waals surface area contributed by atoms with E-state index in [1.165, 1.54) is 35.2 Å². The molecule has 0 bridgehead atoms. The lowest BCUT2D eigenvalue weighted by Crippen LogP contribution is -2.60. The summed E-state index contributed by atoms with van der Waals surface area (Å²) in [6, 6.07) is 13.9. The Hall–Kier alpha value is -3.53. The van der Waals surface area contributed by atoms with Crippen LogP contribution in [0.2, 0.25) is 5.02 Å². The standard InChI is InChI=1S/C44H56ClN3O6/c1-28(23-52-37-11-16-46-36-10-5-7-29(2)40(36)37)17-32-18-31-19-38-39(54-25-30(24-53-38)22-48(4)42(3)26-51-27-42)21-35(31)43(32)12-14-44(15-13-43,41(49)50)47-34-9-6-8-33(45)20-34/h6,8-9,11,16,19-21,28-30,32,47H,5,7,10,12-15,17-18,22-27H2,1-4H3,(H,49,50)/t28-,29-,30?,32?,43?,44?/m1/s1. The molecule has 10 heteroatoms. The first-order chi connectivity index (χ1) is 26.0. The van der Waals surface area contributed by atoms with Gasteiger partial charge in [-0.05, 0) is 142 Å². The SMILES string of the molecule is C[C@@H](COc1ccnc2c1[C@H](C)CCC2)CC1Cc2cc3c(cc2C12CCC(Nc1cccc(Cl)c1)(C(=O)O)CC2)OCC(CN(C)C1(C)COC1)CO3. The molecule has 8 rings (SSSR count). The van der Waals surface area contributed by atoms with E-state index in [4.69, 9.17) is 30.5 Å². The summed E-state index contributed by atoms with van der Waals surface area (Å²) in [7, 11) is 2.16. The second kappa shape index (κ2) is 14.8. The van der Waals surface area contributed by atoms with Crippen molar-refractivity contribution in [3.05, 3.63) is 76.1 Å². The fourth-order valence-electron chi connectivity index (χ4n) is 10.1. The third-order valence-electron chi connectivity index (χ3n) is 13.6. The first kappa shape index (κ1) is 37.4. The fourth-order valence-corrected chi connectivity index (χ4v) is 10.3. The van der Waals surface area contributed by atoms with Gasteiger partial charge in [-0.3, -0.25) is 9.88 Å².